The van der Waals surface area contributed by atoms with E-state index in [0.29, 0.717) is 17.2 Å². The van der Waals surface area contributed by atoms with Crippen LogP contribution in [0.2, 0.25) is 0 Å². The van der Waals surface area contributed by atoms with Crippen LogP contribution in [-0.2, 0) is 11.2 Å². The standard InChI is InChI=1S/C11H10N4O4/c16-10(17)6-5-9-12-11(14-13-9)7-1-3-8(4-2-7)15(18)19/h1-4H,5-6H2,(H,16,17)(H,12,13,14). The minimum atomic E-state index is -0.915. The van der Waals surface area contributed by atoms with Gasteiger partial charge in [0.2, 0.25) is 0 Å². The quantitative estimate of drug-likeness (QED) is 0.620. The van der Waals surface area contributed by atoms with Gasteiger partial charge in [-0.05, 0) is 12.1 Å². The average molecular weight is 262 g/mol. The third-order valence-corrected chi connectivity index (χ3v) is 2.45. The summed E-state index contributed by atoms with van der Waals surface area (Å²) in [6.45, 7) is 0. The second kappa shape index (κ2) is 5.25. The summed E-state index contributed by atoms with van der Waals surface area (Å²) < 4.78 is 0. The van der Waals surface area contributed by atoms with Crippen molar-refractivity contribution in [1.82, 2.24) is 15.2 Å². The summed E-state index contributed by atoms with van der Waals surface area (Å²) in [7, 11) is 0. The lowest BCUT2D eigenvalue weighted by atomic mass is 10.2. The molecule has 2 aromatic rings. The lowest BCUT2D eigenvalue weighted by Crippen LogP contribution is -1.98. The molecule has 0 saturated carbocycles. The summed E-state index contributed by atoms with van der Waals surface area (Å²) >= 11 is 0. The number of carbonyl (C=O) groups is 1. The van der Waals surface area contributed by atoms with Crippen molar-refractivity contribution in [3.05, 3.63) is 40.2 Å². The molecule has 0 aliphatic rings. The molecule has 0 bridgehead atoms. The molecule has 0 atom stereocenters. The van der Waals surface area contributed by atoms with Gasteiger partial charge in [-0.3, -0.25) is 20.0 Å². The predicted molar refractivity (Wildman–Crippen MR) is 64.4 cm³/mol. The number of nitro benzene ring substituents is 1. The number of nitro groups is 1. The summed E-state index contributed by atoms with van der Waals surface area (Å²) in [6, 6.07) is 5.85. The van der Waals surface area contributed by atoms with Crippen LogP contribution in [-0.4, -0.2) is 31.2 Å². The van der Waals surface area contributed by atoms with Crippen LogP contribution in [0.5, 0.6) is 0 Å². The molecule has 1 heterocycles. The third kappa shape index (κ3) is 3.12. The van der Waals surface area contributed by atoms with Gasteiger partial charge in [0.25, 0.3) is 5.69 Å². The maximum atomic E-state index is 10.5. The van der Waals surface area contributed by atoms with Crippen LogP contribution >= 0.6 is 0 Å². The number of H-pyrrole nitrogens is 1. The smallest absolute Gasteiger partial charge is 0.303 e. The fourth-order valence-electron chi connectivity index (χ4n) is 1.50. The van der Waals surface area contributed by atoms with Crippen LogP contribution in [0.25, 0.3) is 11.4 Å². The lowest BCUT2D eigenvalue weighted by Gasteiger charge is -1.95. The van der Waals surface area contributed by atoms with E-state index in [9.17, 15) is 14.9 Å². The van der Waals surface area contributed by atoms with Gasteiger partial charge in [0.15, 0.2) is 11.6 Å². The van der Waals surface area contributed by atoms with Crippen molar-refractivity contribution in [2.45, 2.75) is 12.8 Å². The van der Waals surface area contributed by atoms with Crippen LogP contribution in [0.15, 0.2) is 24.3 Å². The lowest BCUT2D eigenvalue weighted by molar-refractivity contribution is -0.384. The number of non-ortho nitro benzene ring substituents is 1. The van der Waals surface area contributed by atoms with Crippen molar-refractivity contribution in [2.24, 2.45) is 0 Å². The molecule has 2 N–H and O–H groups in total. The molecular weight excluding hydrogens is 252 g/mol. The Labute approximate surface area is 107 Å². The molecule has 0 spiro atoms. The largest absolute Gasteiger partial charge is 0.481 e. The minimum absolute atomic E-state index is 0.00522. The molecule has 8 nitrogen and oxygen atoms in total. The van der Waals surface area contributed by atoms with E-state index in [1.54, 1.807) is 12.1 Å². The van der Waals surface area contributed by atoms with Gasteiger partial charge in [-0.1, -0.05) is 0 Å². The zero-order valence-electron chi connectivity index (χ0n) is 9.74. The number of carboxylic acid groups (broad SMARTS) is 1. The summed E-state index contributed by atoms with van der Waals surface area (Å²) in [5, 5.41) is 25.6. The van der Waals surface area contributed by atoms with Gasteiger partial charge in [0.05, 0.1) is 11.3 Å². The van der Waals surface area contributed by atoms with Gasteiger partial charge in [-0.2, -0.15) is 5.10 Å². The first-order valence-electron chi connectivity index (χ1n) is 5.44. The van der Waals surface area contributed by atoms with Crippen molar-refractivity contribution in [1.29, 1.82) is 0 Å². The zero-order valence-corrected chi connectivity index (χ0v) is 9.74. The number of benzene rings is 1. The highest BCUT2D eigenvalue weighted by Crippen LogP contribution is 2.19. The maximum Gasteiger partial charge on any atom is 0.303 e. The molecule has 0 aliphatic carbocycles. The molecule has 1 aromatic heterocycles. The Bertz CT molecular complexity index is 605. The van der Waals surface area contributed by atoms with E-state index >= 15 is 0 Å². The first-order valence-corrected chi connectivity index (χ1v) is 5.44. The number of rotatable bonds is 5. The molecular formula is C11H10N4O4. The molecule has 0 unspecified atom stereocenters. The first-order chi connectivity index (χ1) is 9.06. The highest BCUT2D eigenvalue weighted by atomic mass is 16.6. The number of aliphatic carboxylic acids is 1. The third-order valence-electron chi connectivity index (χ3n) is 2.45. The van der Waals surface area contributed by atoms with Crippen LogP contribution in [0, 0.1) is 10.1 Å². The Hall–Kier alpha value is -2.77. The van der Waals surface area contributed by atoms with Gasteiger partial charge in [-0.25, -0.2) is 4.98 Å². The highest BCUT2D eigenvalue weighted by Gasteiger charge is 2.09. The van der Waals surface area contributed by atoms with E-state index in [2.05, 4.69) is 15.2 Å². The molecule has 98 valence electrons. The molecule has 0 amide bonds. The molecule has 0 radical (unpaired) electrons. The fraction of sp³-hybridized carbons (Fsp3) is 0.182. The van der Waals surface area contributed by atoms with E-state index in [1.807, 2.05) is 0 Å². The number of aromatic nitrogens is 3. The van der Waals surface area contributed by atoms with E-state index in [1.165, 1.54) is 12.1 Å². The predicted octanol–water partition coefficient (Wildman–Crippen LogP) is 1.40. The number of carboxylic acids is 1. The first kappa shape index (κ1) is 12.7. The van der Waals surface area contributed by atoms with E-state index in [-0.39, 0.29) is 18.5 Å². The number of nitrogens with one attached hydrogen (secondary N) is 1. The van der Waals surface area contributed by atoms with Gasteiger partial charge < -0.3 is 5.11 Å². The highest BCUT2D eigenvalue weighted by molar-refractivity contribution is 5.67. The number of hydrogen-bond donors (Lipinski definition) is 2. The molecule has 2 rings (SSSR count). The normalized spacial score (nSPS) is 10.3. The van der Waals surface area contributed by atoms with Crippen molar-refractivity contribution in [3.8, 4) is 11.4 Å². The SMILES string of the molecule is O=C(O)CCc1n[nH]c(-c2ccc([N+](=O)[O-])cc2)n1. The Morgan fingerprint density at radius 1 is 1.37 bits per heavy atom. The molecule has 0 saturated heterocycles. The number of aromatic amines is 1. The Morgan fingerprint density at radius 3 is 2.63 bits per heavy atom. The summed E-state index contributed by atoms with van der Waals surface area (Å²) in [5.41, 5.74) is 0.647. The van der Waals surface area contributed by atoms with Gasteiger partial charge in [-0.15, -0.1) is 0 Å². The molecule has 0 aliphatic heterocycles. The van der Waals surface area contributed by atoms with Gasteiger partial charge in [0.1, 0.15) is 0 Å². The molecule has 8 heteroatoms. The monoisotopic (exact) mass is 262 g/mol. The van der Waals surface area contributed by atoms with E-state index in [4.69, 9.17) is 5.11 Å². The van der Waals surface area contributed by atoms with Crippen LogP contribution in [0.4, 0.5) is 5.69 Å². The van der Waals surface area contributed by atoms with Crippen LogP contribution < -0.4 is 0 Å². The van der Waals surface area contributed by atoms with Crippen molar-refractivity contribution < 1.29 is 14.8 Å². The van der Waals surface area contributed by atoms with Crippen LogP contribution in [0.1, 0.15) is 12.2 Å². The topological polar surface area (TPSA) is 122 Å². The van der Waals surface area contributed by atoms with Crippen LogP contribution in [0.3, 0.4) is 0 Å². The zero-order chi connectivity index (χ0) is 13.8. The number of hydrogen-bond acceptors (Lipinski definition) is 5. The Kier molecular flexibility index (Phi) is 3.51. The minimum Gasteiger partial charge on any atom is -0.481 e. The van der Waals surface area contributed by atoms with Gasteiger partial charge in [0, 0.05) is 24.1 Å². The van der Waals surface area contributed by atoms with E-state index < -0.39 is 10.9 Å². The Balaban J connectivity index is 2.13. The average Bonchev–Trinajstić information content (AvgIpc) is 2.85. The number of nitrogens with zero attached hydrogens (tertiary/aromatic N) is 3. The fourth-order valence-corrected chi connectivity index (χ4v) is 1.50. The second-order valence-electron chi connectivity index (χ2n) is 3.80. The molecule has 1 aromatic carbocycles. The van der Waals surface area contributed by atoms with Crippen molar-refractivity contribution in [3.63, 3.8) is 0 Å². The van der Waals surface area contributed by atoms with E-state index in [0.717, 1.165) is 0 Å². The van der Waals surface area contributed by atoms with Crippen molar-refractivity contribution >= 4 is 11.7 Å². The maximum absolute atomic E-state index is 10.5. The Morgan fingerprint density at radius 2 is 2.05 bits per heavy atom. The second-order valence-corrected chi connectivity index (χ2v) is 3.80. The summed E-state index contributed by atoms with van der Waals surface area (Å²) in [4.78, 5) is 24.6. The number of aryl methyl sites for hydroxylation is 1. The molecule has 0 fully saturated rings. The van der Waals surface area contributed by atoms with Crippen molar-refractivity contribution in [2.75, 3.05) is 0 Å². The molecule has 19 heavy (non-hydrogen) atoms. The summed E-state index contributed by atoms with van der Waals surface area (Å²) in [6.07, 6.45) is 0.191. The van der Waals surface area contributed by atoms with Gasteiger partial charge >= 0.3 is 5.97 Å². The summed E-state index contributed by atoms with van der Waals surface area (Å²) in [5.74, 6) is -0.0623.